The van der Waals surface area contributed by atoms with E-state index >= 15 is 0 Å². The van der Waals surface area contributed by atoms with Crippen molar-refractivity contribution in [2.75, 3.05) is 12.4 Å². The molecule has 8 nitrogen and oxygen atoms in total. The topological polar surface area (TPSA) is 113 Å². The lowest BCUT2D eigenvalue weighted by Gasteiger charge is -2.17. The number of ether oxygens (including phenoxy) is 1. The van der Waals surface area contributed by atoms with Crippen molar-refractivity contribution < 1.29 is 18.3 Å². The number of hydrogen-bond donors (Lipinski definition) is 3. The molecule has 0 radical (unpaired) electrons. The lowest BCUT2D eigenvalue weighted by molar-refractivity contribution is 0.0569. The SMILES string of the molecule is CNS(=O)(=O)c1ccc(Nc2ncc(Br)c(O[C@H]3CCC[C@H]3O)n2)cc1. The maximum absolute atomic E-state index is 11.7. The fraction of sp³-hybridized carbons (Fsp3) is 0.375. The van der Waals surface area contributed by atoms with Crippen LogP contribution >= 0.6 is 15.9 Å². The highest BCUT2D eigenvalue weighted by atomic mass is 79.9. The molecule has 2 aromatic rings. The highest BCUT2D eigenvalue weighted by Crippen LogP contribution is 2.29. The molecule has 1 aliphatic rings. The Morgan fingerprint density at radius 1 is 1.27 bits per heavy atom. The number of halogens is 1. The number of anilines is 2. The molecule has 0 saturated heterocycles. The Hall–Kier alpha value is -1.75. The lowest BCUT2D eigenvalue weighted by Crippen LogP contribution is -2.26. The summed E-state index contributed by atoms with van der Waals surface area (Å²) in [5.41, 5.74) is 0.634. The highest BCUT2D eigenvalue weighted by molar-refractivity contribution is 9.10. The fourth-order valence-electron chi connectivity index (χ4n) is 2.65. The molecule has 26 heavy (non-hydrogen) atoms. The zero-order valence-corrected chi connectivity index (χ0v) is 16.4. The summed E-state index contributed by atoms with van der Waals surface area (Å²) in [5.74, 6) is 0.655. The first-order valence-corrected chi connectivity index (χ1v) is 10.3. The molecule has 1 heterocycles. The summed E-state index contributed by atoms with van der Waals surface area (Å²) in [7, 11) is -2.12. The van der Waals surface area contributed by atoms with E-state index in [2.05, 4.69) is 35.9 Å². The summed E-state index contributed by atoms with van der Waals surface area (Å²) in [6.45, 7) is 0. The van der Waals surface area contributed by atoms with Crippen LogP contribution in [0.3, 0.4) is 0 Å². The van der Waals surface area contributed by atoms with Crippen molar-refractivity contribution in [2.45, 2.75) is 36.4 Å². The number of aliphatic hydroxyl groups is 1. The second-order valence-corrected chi connectivity index (χ2v) is 8.60. The molecule has 3 N–H and O–H groups in total. The van der Waals surface area contributed by atoms with Crippen molar-refractivity contribution in [3.8, 4) is 5.88 Å². The molecule has 1 saturated carbocycles. The molecule has 0 aliphatic heterocycles. The predicted octanol–water partition coefficient (Wildman–Crippen LogP) is 2.18. The summed E-state index contributed by atoms with van der Waals surface area (Å²) in [6.07, 6.45) is 3.21. The van der Waals surface area contributed by atoms with Crippen molar-refractivity contribution >= 4 is 37.6 Å². The van der Waals surface area contributed by atoms with Gasteiger partial charge in [-0.25, -0.2) is 18.1 Å². The zero-order chi connectivity index (χ0) is 18.7. The number of nitrogens with zero attached hydrogens (tertiary/aromatic N) is 2. The van der Waals surface area contributed by atoms with Gasteiger partial charge in [0.15, 0.2) is 0 Å². The molecule has 0 amide bonds. The number of aromatic nitrogens is 2. The van der Waals surface area contributed by atoms with Crippen LogP contribution in [0.2, 0.25) is 0 Å². The second-order valence-electron chi connectivity index (χ2n) is 5.86. The molecule has 1 aliphatic carbocycles. The van der Waals surface area contributed by atoms with Crippen LogP contribution in [0.25, 0.3) is 0 Å². The van der Waals surface area contributed by atoms with Crippen LogP contribution < -0.4 is 14.8 Å². The van der Waals surface area contributed by atoms with Gasteiger partial charge in [-0.05, 0) is 66.5 Å². The molecule has 140 valence electrons. The Morgan fingerprint density at radius 3 is 2.62 bits per heavy atom. The van der Waals surface area contributed by atoms with Crippen molar-refractivity contribution in [3.63, 3.8) is 0 Å². The molecular formula is C16H19BrN4O4S. The zero-order valence-electron chi connectivity index (χ0n) is 14.0. The molecule has 1 aromatic carbocycles. The minimum absolute atomic E-state index is 0.168. The summed E-state index contributed by atoms with van der Waals surface area (Å²) < 4.78 is 32.1. The third-order valence-electron chi connectivity index (χ3n) is 4.08. The van der Waals surface area contributed by atoms with Gasteiger partial charge in [0.2, 0.25) is 21.9 Å². The van der Waals surface area contributed by atoms with E-state index in [0.717, 1.165) is 19.3 Å². The molecule has 0 unspecified atom stereocenters. The molecule has 3 rings (SSSR count). The Balaban J connectivity index is 1.75. The minimum Gasteiger partial charge on any atom is -0.471 e. The van der Waals surface area contributed by atoms with Gasteiger partial charge < -0.3 is 15.2 Å². The van der Waals surface area contributed by atoms with Crippen LogP contribution in [0.5, 0.6) is 5.88 Å². The Labute approximate surface area is 160 Å². The molecule has 1 fully saturated rings. The number of rotatable bonds is 6. The van der Waals surface area contributed by atoms with Crippen LogP contribution in [0.15, 0.2) is 39.8 Å². The van der Waals surface area contributed by atoms with Crippen molar-refractivity contribution in [2.24, 2.45) is 0 Å². The maximum atomic E-state index is 11.7. The van der Waals surface area contributed by atoms with Gasteiger partial charge in [0.25, 0.3) is 0 Å². The molecule has 10 heteroatoms. The van der Waals surface area contributed by atoms with Gasteiger partial charge in [-0.2, -0.15) is 4.98 Å². The van der Waals surface area contributed by atoms with Crippen molar-refractivity contribution in [3.05, 3.63) is 34.9 Å². The average molecular weight is 443 g/mol. The van der Waals surface area contributed by atoms with Crippen molar-refractivity contribution in [1.29, 1.82) is 0 Å². The standard InChI is InChI=1S/C16H19BrN4O4S/c1-18-26(23,24)11-7-5-10(6-8-11)20-16-19-9-12(17)15(21-16)25-14-4-2-3-13(14)22/h5-9,13-14,18,22H,2-4H2,1H3,(H,19,20,21)/t13-,14+/m1/s1. The van der Waals surface area contributed by atoms with E-state index in [1.807, 2.05) is 0 Å². The first kappa shape index (κ1) is 19.0. The first-order valence-electron chi connectivity index (χ1n) is 8.07. The molecule has 0 bridgehead atoms. The lowest BCUT2D eigenvalue weighted by atomic mass is 10.3. The van der Waals surface area contributed by atoms with E-state index in [4.69, 9.17) is 4.74 Å². The normalized spacial score (nSPS) is 20.1. The summed E-state index contributed by atoms with van der Waals surface area (Å²) in [6, 6.07) is 6.21. The number of aliphatic hydroxyl groups excluding tert-OH is 1. The quantitative estimate of drug-likeness (QED) is 0.627. The summed E-state index contributed by atoms with van der Waals surface area (Å²) >= 11 is 3.35. The summed E-state index contributed by atoms with van der Waals surface area (Å²) in [5, 5.41) is 12.9. The number of benzene rings is 1. The van der Waals surface area contributed by atoms with Crippen LogP contribution in [0.4, 0.5) is 11.6 Å². The average Bonchev–Trinajstić information content (AvgIpc) is 3.03. The third kappa shape index (κ3) is 4.32. The molecule has 0 spiro atoms. The first-order chi connectivity index (χ1) is 12.4. The van der Waals surface area contributed by atoms with Gasteiger partial charge >= 0.3 is 0 Å². The van der Waals surface area contributed by atoms with Crippen LogP contribution in [-0.4, -0.2) is 42.7 Å². The molecule has 1 aromatic heterocycles. The Kier molecular flexibility index (Phi) is 5.76. The largest absolute Gasteiger partial charge is 0.471 e. The van der Waals surface area contributed by atoms with Gasteiger partial charge in [-0.1, -0.05) is 0 Å². The van der Waals surface area contributed by atoms with E-state index in [-0.39, 0.29) is 11.0 Å². The van der Waals surface area contributed by atoms with E-state index in [1.54, 1.807) is 18.3 Å². The highest BCUT2D eigenvalue weighted by Gasteiger charge is 2.28. The fourth-order valence-corrected chi connectivity index (χ4v) is 3.66. The molecular weight excluding hydrogens is 424 g/mol. The predicted molar refractivity (Wildman–Crippen MR) is 100.0 cm³/mol. The van der Waals surface area contributed by atoms with Crippen molar-refractivity contribution in [1.82, 2.24) is 14.7 Å². The van der Waals surface area contributed by atoms with Gasteiger partial charge in [0, 0.05) is 5.69 Å². The van der Waals surface area contributed by atoms with E-state index in [1.165, 1.54) is 19.2 Å². The van der Waals surface area contributed by atoms with Gasteiger partial charge in [-0.15, -0.1) is 0 Å². The van der Waals surface area contributed by atoms with Crippen LogP contribution in [0.1, 0.15) is 19.3 Å². The van der Waals surface area contributed by atoms with Gasteiger partial charge in [0.05, 0.1) is 21.7 Å². The van der Waals surface area contributed by atoms with E-state index < -0.39 is 16.1 Å². The monoisotopic (exact) mass is 442 g/mol. The van der Waals surface area contributed by atoms with Gasteiger partial charge in [0.1, 0.15) is 6.10 Å². The second kappa shape index (κ2) is 7.87. The van der Waals surface area contributed by atoms with E-state index in [0.29, 0.717) is 22.0 Å². The van der Waals surface area contributed by atoms with Crippen LogP contribution in [0, 0.1) is 0 Å². The maximum Gasteiger partial charge on any atom is 0.240 e. The smallest absolute Gasteiger partial charge is 0.240 e. The number of nitrogens with one attached hydrogen (secondary N) is 2. The van der Waals surface area contributed by atoms with E-state index in [9.17, 15) is 13.5 Å². The Bertz CT molecular complexity index is 876. The third-order valence-corrected chi connectivity index (χ3v) is 6.06. The number of sulfonamides is 1. The number of hydrogen-bond acceptors (Lipinski definition) is 7. The van der Waals surface area contributed by atoms with Crippen LogP contribution in [-0.2, 0) is 10.0 Å². The molecule has 2 atom stereocenters. The van der Waals surface area contributed by atoms with Gasteiger partial charge in [-0.3, -0.25) is 0 Å². The minimum atomic E-state index is -3.48. The summed E-state index contributed by atoms with van der Waals surface area (Å²) in [4.78, 5) is 8.66. The Morgan fingerprint density at radius 2 is 2.00 bits per heavy atom.